The van der Waals surface area contributed by atoms with Crippen LogP contribution in [0.2, 0.25) is 0 Å². The third kappa shape index (κ3) is 4.06. The summed E-state index contributed by atoms with van der Waals surface area (Å²) in [6.07, 6.45) is 3.14. The van der Waals surface area contributed by atoms with E-state index in [2.05, 4.69) is 0 Å². The zero-order valence-corrected chi connectivity index (χ0v) is 15.8. The molecular formula is C21H24O5. The Balaban J connectivity index is 2.44. The van der Waals surface area contributed by atoms with Gasteiger partial charge in [0.05, 0.1) is 7.11 Å². The van der Waals surface area contributed by atoms with E-state index in [4.69, 9.17) is 14.2 Å². The molecule has 2 aromatic carbocycles. The minimum atomic E-state index is -0.343. The Bertz CT molecular complexity index is 820. The second-order valence-corrected chi connectivity index (χ2v) is 6.00. The molecule has 0 aromatic heterocycles. The number of ketones is 1. The van der Waals surface area contributed by atoms with Gasteiger partial charge in [0.15, 0.2) is 12.6 Å². The minimum Gasteiger partial charge on any atom is -0.507 e. The number of phenolic OH excluding ortho intramolecular Hbond substituents is 1. The van der Waals surface area contributed by atoms with Gasteiger partial charge in [0.1, 0.15) is 22.8 Å². The van der Waals surface area contributed by atoms with Gasteiger partial charge in [0, 0.05) is 18.2 Å². The van der Waals surface area contributed by atoms with Crippen LogP contribution in [0.3, 0.4) is 0 Å². The van der Waals surface area contributed by atoms with Crippen LogP contribution in [0.5, 0.6) is 17.2 Å². The highest BCUT2D eigenvalue weighted by atomic mass is 16.7. The highest BCUT2D eigenvalue weighted by Gasteiger charge is 2.24. The highest BCUT2D eigenvalue weighted by molar-refractivity contribution is 6.11. The predicted octanol–water partition coefficient (Wildman–Crippen LogP) is 4.20. The van der Waals surface area contributed by atoms with E-state index in [9.17, 15) is 9.90 Å². The molecule has 1 N–H and O–H groups in total. The quantitative estimate of drug-likeness (QED) is 0.457. The van der Waals surface area contributed by atoms with Crippen molar-refractivity contribution in [2.24, 2.45) is 0 Å². The zero-order valence-electron chi connectivity index (χ0n) is 15.8. The number of benzene rings is 2. The molecule has 0 atom stereocenters. The topological polar surface area (TPSA) is 65.0 Å². The maximum atomic E-state index is 12.7. The van der Waals surface area contributed by atoms with Gasteiger partial charge in [-0.3, -0.25) is 4.79 Å². The number of aryl methyl sites for hydroxylation is 1. The summed E-state index contributed by atoms with van der Waals surface area (Å²) in [5, 5.41) is 10.6. The number of ether oxygens (including phenoxy) is 3. The first kappa shape index (κ1) is 19.5. The molecule has 0 aliphatic heterocycles. The Morgan fingerprint density at radius 2 is 1.69 bits per heavy atom. The zero-order chi connectivity index (χ0) is 19.3. The molecule has 2 rings (SSSR count). The van der Waals surface area contributed by atoms with Gasteiger partial charge in [-0.1, -0.05) is 35.9 Å². The number of aromatic hydroxyl groups is 1. The summed E-state index contributed by atoms with van der Waals surface area (Å²) in [5.41, 5.74) is 3.26. The number of carbonyl (C=O) groups excluding carboxylic acids is 1. The van der Waals surface area contributed by atoms with Crippen molar-refractivity contribution in [3.63, 3.8) is 0 Å². The van der Waals surface area contributed by atoms with Crippen LogP contribution in [0, 0.1) is 20.8 Å². The summed E-state index contributed by atoms with van der Waals surface area (Å²) in [6, 6.07) is 7.79. The molecule has 0 heterocycles. The standard InChI is InChI=1S/C21H24O5/c1-13-6-8-16(9-7-13)10-11-17(22)18-19(23)14(2)20(26-12-24-4)15(3)21(18)25-5/h6-11,23H,12H2,1-5H3/b11-10+. The van der Waals surface area contributed by atoms with E-state index < -0.39 is 0 Å². The van der Waals surface area contributed by atoms with Gasteiger partial charge < -0.3 is 19.3 Å². The summed E-state index contributed by atoms with van der Waals surface area (Å²) in [6.45, 7) is 5.50. The van der Waals surface area contributed by atoms with Crippen molar-refractivity contribution in [2.75, 3.05) is 21.0 Å². The summed E-state index contributed by atoms with van der Waals surface area (Å²) in [7, 11) is 2.97. The molecule has 0 unspecified atom stereocenters. The van der Waals surface area contributed by atoms with Gasteiger partial charge >= 0.3 is 0 Å². The number of hydrogen-bond donors (Lipinski definition) is 1. The number of hydrogen-bond acceptors (Lipinski definition) is 5. The number of allylic oxidation sites excluding steroid dienone is 1. The van der Waals surface area contributed by atoms with Crippen LogP contribution < -0.4 is 9.47 Å². The smallest absolute Gasteiger partial charge is 0.193 e. The van der Waals surface area contributed by atoms with Crippen molar-refractivity contribution in [1.82, 2.24) is 0 Å². The van der Waals surface area contributed by atoms with Crippen LogP contribution in [0.1, 0.15) is 32.6 Å². The maximum absolute atomic E-state index is 12.7. The Kier molecular flexibility index (Phi) is 6.41. The third-order valence-corrected chi connectivity index (χ3v) is 4.12. The lowest BCUT2D eigenvalue weighted by Gasteiger charge is -2.18. The van der Waals surface area contributed by atoms with Crippen molar-refractivity contribution < 1.29 is 24.1 Å². The van der Waals surface area contributed by atoms with Gasteiger partial charge in [-0.15, -0.1) is 0 Å². The average molecular weight is 356 g/mol. The van der Waals surface area contributed by atoms with Crippen LogP contribution in [0.15, 0.2) is 30.3 Å². The molecule has 2 aromatic rings. The van der Waals surface area contributed by atoms with Gasteiger partial charge in [-0.2, -0.15) is 0 Å². The van der Waals surface area contributed by atoms with E-state index in [1.807, 2.05) is 31.2 Å². The van der Waals surface area contributed by atoms with Crippen LogP contribution in [-0.2, 0) is 4.74 Å². The molecule has 138 valence electrons. The Hall–Kier alpha value is -2.79. The largest absolute Gasteiger partial charge is 0.507 e. The molecule has 0 radical (unpaired) electrons. The van der Waals surface area contributed by atoms with Crippen LogP contribution >= 0.6 is 0 Å². The van der Waals surface area contributed by atoms with Crippen molar-refractivity contribution >= 4 is 11.9 Å². The Labute approximate surface area is 153 Å². The molecule has 26 heavy (non-hydrogen) atoms. The van der Waals surface area contributed by atoms with E-state index in [1.54, 1.807) is 19.9 Å². The van der Waals surface area contributed by atoms with Crippen LogP contribution in [0.25, 0.3) is 6.08 Å². The molecule has 0 aliphatic rings. The molecule has 0 saturated carbocycles. The third-order valence-electron chi connectivity index (χ3n) is 4.12. The Morgan fingerprint density at radius 1 is 1.04 bits per heavy atom. The molecule has 0 amide bonds. The van der Waals surface area contributed by atoms with Crippen LogP contribution in [0.4, 0.5) is 0 Å². The predicted molar refractivity (Wildman–Crippen MR) is 101 cm³/mol. The van der Waals surface area contributed by atoms with Crippen LogP contribution in [-0.4, -0.2) is 31.9 Å². The first-order chi connectivity index (χ1) is 12.4. The summed E-state index contributed by atoms with van der Waals surface area (Å²) in [5.74, 6) is 0.236. The minimum absolute atomic E-state index is 0.0326. The lowest BCUT2D eigenvalue weighted by molar-refractivity contribution is 0.0497. The average Bonchev–Trinajstić information content (AvgIpc) is 2.63. The van der Waals surface area contributed by atoms with E-state index in [0.717, 1.165) is 11.1 Å². The van der Waals surface area contributed by atoms with E-state index in [-0.39, 0.29) is 29.6 Å². The molecule has 0 aliphatic carbocycles. The van der Waals surface area contributed by atoms with Gasteiger partial charge in [0.25, 0.3) is 0 Å². The normalized spacial score (nSPS) is 11.0. The molecule has 5 nitrogen and oxygen atoms in total. The summed E-state index contributed by atoms with van der Waals surface area (Å²) in [4.78, 5) is 12.7. The fourth-order valence-corrected chi connectivity index (χ4v) is 2.73. The molecule has 0 spiro atoms. The number of phenols is 1. The van der Waals surface area contributed by atoms with Crippen molar-refractivity contribution in [3.05, 3.63) is 58.2 Å². The number of rotatable bonds is 7. The molecule has 0 bridgehead atoms. The first-order valence-electron chi connectivity index (χ1n) is 8.21. The molecular weight excluding hydrogens is 332 g/mol. The van der Waals surface area contributed by atoms with E-state index in [0.29, 0.717) is 16.9 Å². The van der Waals surface area contributed by atoms with Gasteiger partial charge in [0.2, 0.25) is 0 Å². The van der Waals surface area contributed by atoms with E-state index >= 15 is 0 Å². The fraction of sp³-hybridized carbons (Fsp3) is 0.286. The summed E-state index contributed by atoms with van der Waals surface area (Å²) >= 11 is 0. The monoisotopic (exact) mass is 356 g/mol. The maximum Gasteiger partial charge on any atom is 0.193 e. The van der Waals surface area contributed by atoms with Crippen molar-refractivity contribution in [3.8, 4) is 17.2 Å². The SMILES string of the molecule is COCOc1c(C)c(O)c(C(=O)/C=C/c2ccc(C)cc2)c(OC)c1C. The number of methoxy groups -OCH3 is 2. The van der Waals surface area contributed by atoms with Gasteiger partial charge in [-0.25, -0.2) is 0 Å². The second-order valence-electron chi connectivity index (χ2n) is 6.00. The van der Waals surface area contributed by atoms with Crippen molar-refractivity contribution in [2.45, 2.75) is 20.8 Å². The summed E-state index contributed by atoms with van der Waals surface area (Å²) < 4.78 is 15.8. The molecule has 0 saturated heterocycles. The van der Waals surface area contributed by atoms with Gasteiger partial charge in [-0.05, 0) is 32.4 Å². The Morgan fingerprint density at radius 3 is 2.27 bits per heavy atom. The lowest BCUT2D eigenvalue weighted by Crippen LogP contribution is -2.08. The highest BCUT2D eigenvalue weighted by Crippen LogP contribution is 2.42. The number of carbonyl (C=O) groups is 1. The fourth-order valence-electron chi connectivity index (χ4n) is 2.73. The lowest BCUT2D eigenvalue weighted by atomic mass is 9.98. The second kappa shape index (κ2) is 8.54. The van der Waals surface area contributed by atoms with E-state index in [1.165, 1.54) is 20.3 Å². The molecule has 0 fully saturated rings. The first-order valence-corrected chi connectivity index (χ1v) is 8.21. The molecule has 5 heteroatoms. The van der Waals surface area contributed by atoms with Crippen molar-refractivity contribution in [1.29, 1.82) is 0 Å².